The molecule has 9 heteroatoms. The first-order valence-electron chi connectivity index (χ1n) is 4.10. The lowest BCUT2D eigenvalue weighted by Gasteiger charge is -1.94. The molecule has 0 atom stereocenters. The topological polar surface area (TPSA) is 129 Å². The van der Waals surface area contributed by atoms with Crippen molar-refractivity contribution >= 4 is 18.5 Å². The summed E-state index contributed by atoms with van der Waals surface area (Å²) in [7, 11) is 3.79. The zero-order valence-corrected chi connectivity index (χ0v) is 9.96. The molecule has 0 rings (SSSR count). The predicted octanol–water partition coefficient (Wildman–Crippen LogP) is 1.41. The summed E-state index contributed by atoms with van der Waals surface area (Å²) in [5.74, 6) is 0. The third-order valence-electron chi connectivity index (χ3n) is 0.762. The van der Waals surface area contributed by atoms with Crippen LogP contribution in [0.25, 0.3) is 0 Å². The highest BCUT2D eigenvalue weighted by molar-refractivity contribution is 5.59. The highest BCUT2D eigenvalue weighted by Gasteiger charge is 1.92. The molecule has 0 aliphatic rings. The van der Waals surface area contributed by atoms with Crippen LogP contribution in [-0.2, 0) is 18.9 Å². The smallest absolute Gasteiger partial charge is 0.450 e. The van der Waals surface area contributed by atoms with Gasteiger partial charge >= 0.3 is 18.5 Å². The molecule has 0 saturated heterocycles. The van der Waals surface area contributed by atoms with Gasteiger partial charge < -0.3 is 29.2 Å². The van der Waals surface area contributed by atoms with E-state index >= 15 is 0 Å². The molecule has 102 valence electrons. The van der Waals surface area contributed by atoms with E-state index in [9.17, 15) is 9.59 Å². The Morgan fingerprint density at radius 1 is 0.882 bits per heavy atom. The second-order valence-electron chi connectivity index (χ2n) is 1.83. The molecule has 9 nitrogen and oxygen atoms in total. The van der Waals surface area contributed by atoms with E-state index in [0.717, 1.165) is 0 Å². The normalized spacial score (nSPS) is 7.06. The summed E-state index contributed by atoms with van der Waals surface area (Å²) in [6.07, 6.45) is -3.11. The van der Waals surface area contributed by atoms with Crippen molar-refractivity contribution in [2.24, 2.45) is 0 Å². The monoisotopic (exact) mass is 256 g/mol. The number of rotatable bonds is 1. The third kappa shape index (κ3) is 41.5. The molecular weight excluding hydrogens is 240 g/mol. The Bertz CT molecular complexity index is 203. The van der Waals surface area contributed by atoms with E-state index in [2.05, 4.69) is 18.9 Å². The number of carbonyl (C=O) groups is 3. The van der Waals surface area contributed by atoms with Gasteiger partial charge in [-0.1, -0.05) is 0 Å². The van der Waals surface area contributed by atoms with Crippen LogP contribution in [-0.4, -0.2) is 56.6 Å². The van der Waals surface area contributed by atoms with Crippen LogP contribution in [0.2, 0.25) is 0 Å². The lowest BCUT2D eigenvalue weighted by Crippen LogP contribution is -2.02. The molecule has 0 bridgehead atoms. The summed E-state index contributed by atoms with van der Waals surface area (Å²) in [5.41, 5.74) is 0. The van der Waals surface area contributed by atoms with Gasteiger partial charge in [0.25, 0.3) is 0 Å². The molecule has 0 spiro atoms. The Kier molecular flexibility index (Phi) is 19.4. The minimum absolute atomic E-state index is 0.368. The Labute approximate surface area is 97.8 Å². The molecule has 0 unspecified atom stereocenters. The summed E-state index contributed by atoms with van der Waals surface area (Å²) < 4.78 is 16.5. The molecule has 0 saturated carbocycles. The molecule has 0 aliphatic carbocycles. The third-order valence-corrected chi connectivity index (χ3v) is 0.762. The summed E-state index contributed by atoms with van der Waals surface area (Å²) in [5, 5.41) is 13.9. The van der Waals surface area contributed by atoms with E-state index in [1.54, 1.807) is 6.92 Å². The predicted molar refractivity (Wildman–Crippen MR) is 54.1 cm³/mol. The van der Waals surface area contributed by atoms with Crippen molar-refractivity contribution in [1.82, 2.24) is 0 Å². The van der Waals surface area contributed by atoms with Gasteiger partial charge in [0.15, 0.2) is 0 Å². The average molecular weight is 256 g/mol. The van der Waals surface area contributed by atoms with Gasteiger partial charge in [0, 0.05) is 0 Å². The van der Waals surface area contributed by atoms with E-state index in [1.807, 2.05) is 0 Å². The van der Waals surface area contributed by atoms with Crippen LogP contribution in [0.3, 0.4) is 0 Å². The standard InChI is InChI=1S/C4H8O3.C3H6O3.CH2O3/c1-3-7-4(5)6-2;1-5-3(4)6-2;2-1(3)4/h3H2,1-2H3;1-2H3;(H2,2,3,4). The van der Waals surface area contributed by atoms with Crippen molar-refractivity contribution in [1.29, 1.82) is 0 Å². The lowest BCUT2D eigenvalue weighted by atomic mass is 10.9. The highest BCUT2D eigenvalue weighted by Crippen LogP contribution is 1.77. The second kappa shape index (κ2) is 16.2. The Hall–Kier alpha value is -2.19. The first-order valence-corrected chi connectivity index (χ1v) is 4.10. The number of carboxylic acid groups (broad SMARTS) is 2. The molecular formula is C8H16O9. The van der Waals surface area contributed by atoms with Crippen molar-refractivity contribution in [2.75, 3.05) is 27.9 Å². The van der Waals surface area contributed by atoms with Crippen LogP contribution >= 0.6 is 0 Å². The Morgan fingerprint density at radius 2 is 1.18 bits per heavy atom. The van der Waals surface area contributed by atoms with Gasteiger partial charge in [0.1, 0.15) is 0 Å². The van der Waals surface area contributed by atoms with E-state index in [4.69, 9.17) is 15.0 Å². The molecule has 0 aromatic rings. The molecule has 0 amide bonds. The van der Waals surface area contributed by atoms with Gasteiger partial charge in [0.05, 0.1) is 27.9 Å². The molecule has 0 aromatic heterocycles. The van der Waals surface area contributed by atoms with Crippen LogP contribution in [0.15, 0.2) is 0 Å². The van der Waals surface area contributed by atoms with Crippen LogP contribution in [0.5, 0.6) is 0 Å². The molecule has 0 aromatic carbocycles. The number of carbonyl (C=O) groups excluding carboxylic acids is 2. The first-order chi connectivity index (χ1) is 7.85. The Balaban J connectivity index is -0.000000180. The zero-order valence-electron chi connectivity index (χ0n) is 9.96. The maximum absolute atomic E-state index is 9.97. The molecule has 0 fully saturated rings. The minimum Gasteiger partial charge on any atom is -0.450 e. The van der Waals surface area contributed by atoms with E-state index in [-0.39, 0.29) is 0 Å². The quantitative estimate of drug-likeness (QED) is 0.668. The van der Waals surface area contributed by atoms with Crippen molar-refractivity contribution in [2.45, 2.75) is 6.92 Å². The van der Waals surface area contributed by atoms with Gasteiger partial charge in [0.2, 0.25) is 0 Å². The molecule has 0 radical (unpaired) electrons. The van der Waals surface area contributed by atoms with Crippen molar-refractivity contribution in [3.63, 3.8) is 0 Å². The summed E-state index contributed by atoms with van der Waals surface area (Å²) in [6, 6.07) is 0. The van der Waals surface area contributed by atoms with Crippen molar-refractivity contribution in [3.8, 4) is 0 Å². The largest absolute Gasteiger partial charge is 0.507 e. The molecule has 2 N–H and O–H groups in total. The molecule has 0 aliphatic heterocycles. The minimum atomic E-state index is -1.83. The fourth-order valence-electron chi connectivity index (χ4n) is 0.260. The number of hydrogen-bond acceptors (Lipinski definition) is 7. The van der Waals surface area contributed by atoms with E-state index < -0.39 is 18.5 Å². The molecule has 0 heterocycles. The van der Waals surface area contributed by atoms with Crippen LogP contribution in [0.4, 0.5) is 14.4 Å². The first kappa shape index (κ1) is 20.3. The van der Waals surface area contributed by atoms with Gasteiger partial charge in [-0.3, -0.25) is 0 Å². The van der Waals surface area contributed by atoms with Gasteiger partial charge in [-0.25, -0.2) is 14.4 Å². The van der Waals surface area contributed by atoms with E-state index in [1.165, 1.54) is 21.3 Å². The Morgan fingerprint density at radius 3 is 1.24 bits per heavy atom. The second-order valence-corrected chi connectivity index (χ2v) is 1.83. The fourth-order valence-corrected chi connectivity index (χ4v) is 0.260. The zero-order chi connectivity index (χ0) is 14.3. The highest BCUT2D eigenvalue weighted by atomic mass is 16.7. The van der Waals surface area contributed by atoms with E-state index in [0.29, 0.717) is 6.61 Å². The maximum Gasteiger partial charge on any atom is 0.507 e. The van der Waals surface area contributed by atoms with Crippen molar-refractivity contribution < 1.29 is 43.5 Å². The summed E-state index contributed by atoms with van der Waals surface area (Å²) in [4.78, 5) is 28.3. The SMILES string of the molecule is CCOC(=O)OC.COC(=O)OC.O=C(O)O. The van der Waals surface area contributed by atoms with Crippen molar-refractivity contribution in [3.05, 3.63) is 0 Å². The average Bonchev–Trinajstić information content (AvgIpc) is 2.28. The van der Waals surface area contributed by atoms with Crippen LogP contribution < -0.4 is 0 Å². The van der Waals surface area contributed by atoms with Crippen LogP contribution in [0, 0.1) is 0 Å². The fraction of sp³-hybridized carbons (Fsp3) is 0.625. The lowest BCUT2D eigenvalue weighted by molar-refractivity contribution is 0.0770. The number of ether oxygens (including phenoxy) is 4. The summed E-state index contributed by atoms with van der Waals surface area (Å²) >= 11 is 0. The van der Waals surface area contributed by atoms with Gasteiger partial charge in [-0.2, -0.15) is 0 Å². The number of hydrogen-bond donors (Lipinski definition) is 2. The maximum atomic E-state index is 9.97. The number of methoxy groups -OCH3 is 3. The van der Waals surface area contributed by atoms with Crippen LogP contribution in [0.1, 0.15) is 6.92 Å². The van der Waals surface area contributed by atoms with Gasteiger partial charge in [-0.15, -0.1) is 0 Å². The van der Waals surface area contributed by atoms with Gasteiger partial charge in [-0.05, 0) is 6.92 Å². The molecule has 17 heavy (non-hydrogen) atoms. The summed E-state index contributed by atoms with van der Waals surface area (Å²) in [6.45, 7) is 2.09.